The molecule has 1 aliphatic rings. The van der Waals surface area contributed by atoms with Crippen LogP contribution in [-0.2, 0) is 9.59 Å². The number of aromatic nitrogens is 1. The molecule has 5 nitrogen and oxygen atoms in total. The van der Waals surface area contributed by atoms with E-state index in [1.807, 2.05) is 12.1 Å². The van der Waals surface area contributed by atoms with Crippen molar-refractivity contribution < 1.29 is 9.59 Å². The Morgan fingerprint density at radius 1 is 1.12 bits per heavy atom. The summed E-state index contributed by atoms with van der Waals surface area (Å²) in [5.41, 5.74) is 0.910. The number of carbonyl (C=O) groups excluding carboxylic acids is 2. The minimum Gasteiger partial charge on any atom is -0.361 e. The number of amides is 1. The largest absolute Gasteiger partial charge is 0.361 e. The van der Waals surface area contributed by atoms with E-state index in [0.717, 1.165) is 10.9 Å². The van der Waals surface area contributed by atoms with E-state index in [2.05, 4.69) is 9.98 Å². The smallest absolute Gasteiger partial charge is 0.318 e. The molecule has 5 heteroatoms. The molecule has 2 aromatic rings. The first-order chi connectivity index (χ1) is 7.25. The second-order valence-electron chi connectivity index (χ2n) is 3.37. The molecule has 2 heterocycles. The summed E-state index contributed by atoms with van der Waals surface area (Å²) in [5, 5.41) is 2.15. The number of ketones is 1. The van der Waals surface area contributed by atoms with Crippen molar-refractivity contribution in [3.05, 3.63) is 35.0 Å². The monoisotopic (exact) mass is 215 g/mol. The lowest BCUT2D eigenvalue weighted by Crippen LogP contribution is -2.34. The number of fused-ring (bicyclic) bond motifs is 3. The standard InChI is InChI=1S/C11H6N2O2.H3N/c14-9-5-6-1-2-8-7(3-4-12-8)10(6)13-11(9)15;/h1-5,12H;1H3. The van der Waals surface area contributed by atoms with Gasteiger partial charge in [0.1, 0.15) is 0 Å². The van der Waals surface area contributed by atoms with Gasteiger partial charge >= 0.3 is 5.91 Å². The van der Waals surface area contributed by atoms with Gasteiger partial charge < -0.3 is 11.1 Å². The predicted molar refractivity (Wildman–Crippen MR) is 58.6 cm³/mol. The molecule has 0 saturated heterocycles. The number of nitrogens with one attached hydrogen (secondary N) is 1. The van der Waals surface area contributed by atoms with Crippen LogP contribution in [0.25, 0.3) is 17.0 Å². The van der Waals surface area contributed by atoms with E-state index < -0.39 is 11.7 Å². The SMILES string of the molecule is N.O=C1C=c2ccc3[nH]ccc3c2=NC1=O. The molecule has 1 aromatic carbocycles. The molecule has 0 fully saturated rings. The van der Waals surface area contributed by atoms with Crippen molar-refractivity contribution in [2.24, 2.45) is 4.99 Å². The number of benzene rings is 1. The van der Waals surface area contributed by atoms with Crippen LogP contribution in [0, 0.1) is 0 Å². The third-order valence-corrected chi connectivity index (χ3v) is 2.45. The Morgan fingerprint density at radius 3 is 2.75 bits per heavy atom. The van der Waals surface area contributed by atoms with E-state index in [1.54, 1.807) is 12.3 Å². The highest BCUT2D eigenvalue weighted by molar-refractivity contribution is 6.48. The summed E-state index contributed by atoms with van der Waals surface area (Å²) in [5.74, 6) is -1.26. The zero-order chi connectivity index (χ0) is 10.4. The molecule has 16 heavy (non-hydrogen) atoms. The summed E-state index contributed by atoms with van der Waals surface area (Å²) >= 11 is 0. The van der Waals surface area contributed by atoms with Gasteiger partial charge in [-0.05, 0) is 12.1 Å². The molecular weight excluding hydrogens is 206 g/mol. The lowest BCUT2D eigenvalue weighted by molar-refractivity contribution is -0.132. The normalized spacial score (nSPS) is 13.8. The number of aromatic amines is 1. The van der Waals surface area contributed by atoms with Crippen LogP contribution in [0.2, 0.25) is 0 Å². The van der Waals surface area contributed by atoms with E-state index in [-0.39, 0.29) is 6.15 Å². The van der Waals surface area contributed by atoms with Crippen LogP contribution in [0.1, 0.15) is 0 Å². The van der Waals surface area contributed by atoms with Crippen molar-refractivity contribution in [3.63, 3.8) is 0 Å². The van der Waals surface area contributed by atoms with E-state index in [0.29, 0.717) is 10.6 Å². The summed E-state index contributed by atoms with van der Waals surface area (Å²) in [4.78, 5) is 29.1. The highest BCUT2D eigenvalue weighted by Crippen LogP contribution is 2.04. The molecule has 80 valence electrons. The summed E-state index contributed by atoms with van der Waals surface area (Å²) in [7, 11) is 0. The van der Waals surface area contributed by atoms with Gasteiger partial charge in [0.15, 0.2) is 0 Å². The molecule has 1 aromatic heterocycles. The fraction of sp³-hybridized carbons (Fsp3) is 0. The van der Waals surface area contributed by atoms with Crippen LogP contribution in [0.4, 0.5) is 0 Å². The van der Waals surface area contributed by atoms with Crippen molar-refractivity contribution in [3.8, 4) is 0 Å². The molecule has 4 N–H and O–H groups in total. The Labute approximate surface area is 90.1 Å². The molecule has 0 aliphatic carbocycles. The summed E-state index contributed by atoms with van der Waals surface area (Å²) in [6.45, 7) is 0. The molecule has 0 bridgehead atoms. The van der Waals surface area contributed by atoms with Crippen LogP contribution >= 0.6 is 0 Å². The molecule has 0 radical (unpaired) electrons. The van der Waals surface area contributed by atoms with Crippen LogP contribution in [0.3, 0.4) is 0 Å². The highest BCUT2D eigenvalue weighted by atomic mass is 16.2. The average Bonchev–Trinajstić information content (AvgIpc) is 2.68. The third-order valence-electron chi connectivity index (χ3n) is 2.45. The minimum absolute atomic E-state index is 0. The van der Waals surface area contributed by atoms with Gasteiger partial charge in [0.25, 0.3) is 0 Å². The Hall–Kier alpha value is -2.27. The maximum absolute atomic E-state index is 11.2. The van der Waals surface area contributed by atoms with E-state index in [1.165, 1.54) is 6.08 Å². The van der Waals surface area contributed by atoms with E-state index >= 15 is 0 Å². The number of H-pyrrole nitrogens is 1. The maximum Gasteiger partial charge on any atom is 0.318 e. The number of carbonyl (C=O) groups is 2. The quantitative estimate of drug-likeness (QED) is 0.597. The molecule has 1 amide bonds. The number of Topliss-reactive ketones (excluding diaryl/α,β-unsaturated/α-hetero) is 1. The van der Waals surface area contributed by atoms with Crippen LogP contribution in [0.5, 0.6) is 0 Å². The van der Waals surface area contributed by atoms with Gasteiger partial charge in [0.2, 0.25) is 5.78 Å². The number of hydrogen-bond donors (Lipinski definition) is 2. The molecule has 3 rings (SSSR count). The Bertz CT molecular complexity index is 712. The second kappa shape index (κ2) is 3.39. The summed E-state index contributed by atoms with van der Waals surface area (Å²) in [6.07, 6.45) is 3.11. The van der Waals surface area contributed by atoms with Gasteiger partial charge in [-0.3, -0.25) is 9.59 Å². The Kier molecular flexibility index (Phi) is 2.17. The second-order valence-corrected chi connectivity index (χ2v) is 3.37. The van der Waals surface area contributed by atoms with Gasteiger partial charge in [-0.25, -0.2) is 4.99 Å². The lowest BCUT2D eigenvalue weighted by Gasteiger charge is -1.98. The fourth-order valence-corrected chi connectivity index (χ4v) is 1.74. The zero-order valence-corrected chi connectivity index (χ0v) is 8.36. The molecule has 0 saturated carbocycles. The van der Waals surface area contributed by atoms with Crippen molar-refractivity contribution in [2.75, 3.05) is 0 Å². The van der Waals surface area contributed by atoms with Crippen molar-refractivity contribution in [1.29, 1.82) is 0 Å². The molecule has 0 unspecified atom stereocenters. The van der Waals surface area contributed by atoms with Gasteiger partial charge in [-0.15, -0.1) is 0 Å². The predicted octanol–water partition coefficient (Wildman–Crippen LogP) is -0.161. The van der Waals surface area contributed by atoms with Gasteiger partial charge in [-0.2, -0.15) is 0 Å². The first-order valence-electron chi connectivity index (χ1n) is 4.50. The zero-order valence-electron chi connectivity index (χ0n) is 8.36. The minimum atomic E-state index is -0.698. The Balaban J connectivity index is 0.000000963. The average molecular weight is 215 g/mol. The molecule has 1 aliphatic heterocycles. The summed E-state index contributed by atoms with van der Waals surface area (Å²) in [6, 6.07) is 5.49. The highest BCUT2D eigenvalue weighted by Gasteiger charge is 2.14. The number of nitrogens with zero attached hydrogens (tertiary/aromatic N) is 1. The molecule has 0 atom stereocenters. The van der Waals surface area contributed by atoms with E-state index in [9.17, 15) is 9.59 Å². The molecule has 0 spiro atoms. The van der Waals surface area contributed by atoms with Gasteiger partial charge in [0, 0.05) is 28.4 Å². The van der Waals surface area contributed by atoms with Crippen molar-refractivity contribution >= 4 is 28.7 Å². The van der Waals surface area contributed by atoms with Crippen LogP contribution in [0.15, 0.2) is 29.4 Å². The summed E-state index contributed by atoms with van der Waals surface area (Å²) < 4.78 is 0. The number of rotatable bonds is 0. The van der Waals surface area contributed by atoms with Gasteiger partial charge in [-0.1, -0.05) is 6.07 Å². The first-order valence-corrected chi connectivity index (χ1v) is 4.50. The van der Waals surface area contributed by atoms with Crippen LogP contribution < -0.4 is 16.7 Å². The fourth-order valence-electron chi connectivity index (χ4n) is 1.74. The first kappa shape index (κ1) is 10.3. The maximum atomic E-state index is 11.2. The lowest BCUT2D eigenvalue weighted by atomic mass is 10.1. The molecular formula is C11H9N3O2. The number of hydrogen-bond acceptors (Lipinski definition) is 3. The van der Waals surface area contributed by atoms with Gasteiger partial charge in [0.05, 0.1) is 5.36 Å². The van der Waals surface area contributed by atoms with E-state index in [4.69, 9.17) is 0 Å². The Morgan fingerprint density at radius 2 is 1.94 bits per heavy atom. The van der Waals surface area contributed by atoms with Crippen molar-refractivity contribution in [1.82, 2.24) is 11.1 Å². The third kappa shape index (κ3) is 1.26. The van der Waals surface area contributed by atoms with Crippen molar-refractivity contribution in [2.45, 2.75) is 0 Å². The van der Waals surface area contributed by atoms with Crippen LogP contribution in [-0.4, -0.2) is 16.7 Å². The topological polar surface area (TPSA) is 97.3 Å².